The fraction of sp³-hybridized carbons (Fsp3) is 0.364. The standard InChI is InChI=1S/C11H14N2O2S/c1-14-8-5-10(16-7-8)9-6-13-11(15-9)3-2-4-12/h5-7H,2-4,12H2,1H3. The minimum absolute atomic E-state index is 0.657. The number of hydrogen-bond acceptors (Lipinski definition) is 5. The van der Waals surface area contributed by atoms with Crippen molar-refractivity contribution in [2.45, 2.75) is 12.8 Å². The van der Waals surface area contributed by atoms with Crippen LogP contribution in [0.3, 0.4) is 0 Å². The molecule has 86 valence electrons. The molecule has 0 fully saturated rings. The first-order chi connectivity index (χ1) is 7.83. The van der Waals surface area contributed by atoms with Gasteiger partial charge in [-0.3, -0.25) is 0 Å². The molecule has 2 N–H and O–H groups in total. The van der Waals surface area contributed by atoms with Crippen molar-refractivity contribution < 1.29 is 9.15 Å². The lowest BCUT2D eigenvalue weighted by Crippen LogP contribution is -2.00. The van der Waals surface area contributed by atoms with Crippen LogP contribution in [-0.2, 0) is 6.42 Å². The Balaban J connectivity index is 2.11. The number of aryl methyl sites for hydroxylation is 1. The predicted octanol–water partition coefficient (Wildman–Crippen LogP) is 2.30. The highest BCUT2D eigenvalue weighted by atomic mass is 32.1. The number of methoxy groups -OCH3 is 1. The summed E-state index contributed by atoms with van der Waals surface area (Å²) < 4.78 is 10.7. The summed E-state index contributed by atoms with van der Waals surface area (Å²) >= 11 is 1.58. The summed E-state index contributed by atoms with van der Waals surface area (Å²) in [5, 5.41) is 1.94. The van der Waals surface area contributed by atoms with Crippen molar-refractivity contribution in [1.29, 1.82) is 0 Å². The van der Waals surface area contributed by atoms with Gasteiger partial charge in [-0.1, -0.05) is 0 Å². The van der Waals surface area contributed by atoms with E-state index in [9.17, 15) is 0 Å². The average molecular weight is 238 g/mol. The first-order valence-corrected chi connectivity index (χ1v) is 5.99. The second kappa shape index (κ2) is 5.14. The molecule has 0 saturated carbocycles. The predicted molar refractivity (Wildman–Crippen MR) is 63.7 cm³/mol. The highest BCUT2D eigenvalue weighted by molar-refractivity contribution is 7.13. The van der Waals surface area contributed by atoms with E-state index in [1.807, 2.05) is 11.4 Å². The maximum absolute atomic E-state index is 5.62. The second-order valence-corrected chi connectivity index (χ2v) is 4.27. The molecule has 16 heavy (non-hydrogen) atoms. The van der Waals surface area contributed by atoms with E-state index in [-0.39, 0.29) is 0 Å². The smallest absolute Gasteiger partial charge is 0.194 e. The Morgan fingerprint density at radius 1 is 1.56 bits per heavy atom. The van der Waals surface area contributed by atoms with E-state index < -0.39 is 0 Å². The third kappa shape index (κ3) is 2.43. The third-order valence-electron chi connectivity index (χ3n) is 2.20. The summed E-state index contributed by atoms with van der Waals surface area (Å²) in [4.78, 5) is 5.24. The first-order valence-electron chi connectivity index (χ1n) is 5.11. The van der Waals surface area contributed by atoms with Crippen LogP contribution in [0.15, 0.2) is 22.1 Å². The van der Waals surface area contributed by atoms with Gasteiger partial charge in [-0.2, -0.15) is 0 Å². The quantitative estimate of drug-likeness (QED) is 0.868. The van der Waals surface area contributed by atoms with Crippen LogP contribution in [0.5, 0.6) is 5.75 Å². The molecule has 2 heterocycles. The van der Waals surface area contributed by atoms with Crippen LogP contribution in [0.1, 0.15) is 12.3 Å². The van der Waals surface area contributed by atoms with E-state index in [0.29, 0.717) is 6.54 Å². The fourth-order valence-electron chi connectivity index (χ4n) is 1.35. The van der Waals surface area contributed by atoms with Crippen LogP contribution in [-0.4, -0.2) is 18.6 Å². The van der Waals surface area contributed by atoms with E-state index in [1.165, 1.54) is 0 Å². The highest BCUT2D eigenvalue weighted by Gasteiger charge is 2.08. The van der Waals surface area contributed by atoms with E-state index in [1.54, 1.807) is 24.6 Å². The lowest BCUT2D eigenvalue weighted by atomic mass is 10.3. The van der Waals surface area contributed by atoms with Crippen molar-refractivity contribution in [2.24, 2.45) is 5.73 Å². The van der Waals surface area contributed by atoms with Gasteiger partial charge in [-0.25, -0.2) is 4.98 Å². The van der Waals surface area contributed by atoms with Gasteiger partial charge in [0, 0.05) is 17.9 Å². The van der Waals surface area contributed by atoms with Gasteiger partial charge in [0.25, 0.3) is 0 Å². The number of hydrogen-bond donors (Lipinski definition) is 1. The molecule has 0 amide bonds. The van der Waals surface area contributed by atoms with Gasteiger partial charge < -0.3 is 14.9 Å². The monoisotopic (exact) mass is 238 g/mol. The van der Waals surface area contributed by atoms with Crippen LogP contribution in [0.4, 0.5) is 0 Å². The molecule has 4 nitrogen and oxygen atoms in total. The zero-order valence-corrected chi connectivity index (χ0v) is 9.92. The Labute approximate surface area is 98.1 Å². The molecule has 0 aliphatic carbocycles. The van der Waals surface area contributed by atoms with Crippen molar-refractivity contribution in [3.63, 3.8) is 0 Å². The highest BCUT2D eigenvalue weighted by Crippen LogP contribution is 2.31. The van der Waals surface area contributed by atoms with E-state index in [0.717, 1.165) is 35.1 Å². The molecule has 2 aromatic rings. The van der Waals surface area contributed by atoms with Crippen molar-refractivity contribution in [1.82, 2.24) is 4.98 Å². The zero-order chi connectivity index (χ0) is 11.4. The molecule has 0 aliphatic heterocycles. The minimum atomic E-state index is 0.657. The molecule has 5 heteroatoms. The van der Waals surface area contributed by atoms with E-state index in [2.05, 4.69) is 4.98 Å². The molecule has 0 atom stereocenters. The Morgan fingerprint density at radius 2 is 2.44 bits per heavy atom. The van der Waals surface area contributed by atoms with Gasteiger partial charge in [0.15, 0.2) is 11.7 Å². The largest absolute Gasteiger partial charge is 0.496 e. The molecule has 2 rings (SSSR count). The van der Waals surface area contributed by atoms with Crippen LogP contribution in [0, 0.1) is 0 Å². The molecule has 0 spiro atoms. The number of aromatic nitrogens is 1. The summed E-state index contributed by atoms with van der Waals surface area (Å²) in [6, 6.07) is 1.94. The zero-order valence-electron chi connectivity index (χ0n) is 9.10. The number of rotatable bonds is 5. The molecular formula is C11H14N2O2S. The minimum Gasteiger partial charge on any atom is -0.496 e. The maximum atomic E-state index is 5.62. The molecular weight excluding hydrogens is 224 g/mol. The van der Waals surface area contributed by atoms with Gasteiger partial charge in [0.2, 0.25) is 0 Å². The number of oxazole rings is 1. The third-order valence-corrected chi connectivity index (χ3v) is 3.13. The summed E-state index contributed by atoms with van der Waals surface area (Å²) in [6.45, 7) is 0.657. The summed E-state index contributed by atoms with van der Waals surface area (Å²) in [7, 11) is 1.65. The van der Waals surface area contributed by atoms with Gasteiger partial charge in [-0.05, 0) is 13.0 Å². The summed E-state index contributed by atoms with van der Waals surface area (Å²) in [5.41, 5.74) is 5.43. The van der Waals surface area contributed by atoms with Crippen LogP contribution >= 0.6 is 11.3 Å². The van der Waals surface area contributed by atoms with Crippen molar-refractivity contribution in [2.75, 3.05) is 13.7 Å². The average Bonchev–Trinajstić information content (AvgIpc) is 2.94. The molecule has 0 radical (unpaired) electrons. The van der Waals surface area contributed by atoms with Crippen molar-refractivity contribution in [3.05, 3.63) is 23.5 Å². The number of thiophene rings is 1. The summed E-state index contributed by atoms with van der Waals surface area (Å²) in [6.07, 6.45) is 3.43. The van der Waals surface area contributed by atoms with E-state index in [4.69, 9.17) is 14.9 Å². The van der Waals surface area contributed by atoms with Gasteiger partial charge >= 0.3 is 0 Å². The molecule has 0 aliphatic rings. The van der Waals surface area contributed by atoms with Gasteiger partial charge in [0.1, 0.15) is 5.75 Å². The SMILES string of the molecule is COc1csc(-c2cnc(CCCN)o2)c1. The van der Waals surface area contributed by atoms with Gasteiger partial charge in [-0.15, -0.1) is 11.3 Å². The summed E-state index contributed by atoms with van der Waals surface area (Å²) in [5.74, 6) is 2.38. The Hall–Kier alpha value is -1.33. The second-order valence-electron chi connectivity index (χ2n) is 3.36. The number of ether oxygens (including phenoxy) is 1. The number of nitrogens with two attached hydrogens (primary N) is 1. The van der Waals surface area contributed by atoms with Crippen molar-refractivity contribution in [3.8, 4) is 16.4 Å². The Bertz CT molecular complexity index is 450. The lowest BCUT2D eigenvalue weighted by Gasteiger charge is -1.92. The Morgan fingerprint density at radius 3 is 3.12 bits per heavy atom. The molecule has 0 aromatic carbocycles. The molecule has 0 saturated heterocycles. The normalized spacial score (nSPS) is 10.6. The topological polar surface area (TPSA) is 61.3 Å². The molecule has 2 aromatic heterocycles. The molecule has 0 bridgehead atoms. The Kier molecular flexibility index (Phi) is 3.58. The first kappa shape index (κ1) is 11.2. The maximum Gasteiger partial charge on any atom is 0.194 e. The van der Waals surface area contributed by atoms with Crippen LogP contribution in [0.2, 0.25) is 0 Å². The number of nitrogens with zero attached hydrogens (tertiary/aromatic N) is 1. The lowest BCUT2D eigenvalue weighted by molar-refractivity contribution is 0.416. The van der Waals surface area contributed by atoms with Crippen LogP contribution in [0.25, 0.3) is 10.6 Å². The fourth-order valence-corrected chi connectivity index (χ4v) is 2.15. The van der Waals surface area contributed by atoms with Crippen LogP contribution < -0.4 is 10.5 Å². The van der Waals surface area contributed by atoms with Gasteiger partial charge in [0.05, 0.1) is 18.2 Å². The van der Waals surface area contributed by atoms with Crippen molar-refractivity contribution >= 4 is 11.3 Å². The molecule has 0 unspecified atom stereocenters. The van der Waals surface area contributed by atoms with E-state index >= 15 is 0 Å².